The Hall–Kier alpha value is -5.74. The van der Waals surface area contributed by atoms with E-state index in [4.69, 9.17) is 13.6 Å². The highest BCUT2D eigenvalue weighted by molar-refractivity contribution is 6.31. The number of furan rings is 2. The van der Waals surface area contributed by atoms with E-state index in [9.17, 15) is 0 Å². The smallest absolute Gasteiger partial charge is 0.160 e. The Labute approximate surface area is 268 Å². The van der Waals surface area contributed by atoms with Gasteiger partial charge in [-0.3, -0.25) is 0 Å². The average Bonchev–Trinajstić information content (AvgIpc) is 3.90. The molecule has 0 fully saturated rings. The van der Waals surface area contributed by atoms with Crippen LogP contribution in [0, 0.1) is 5.92 Å². The topological polar surface area (TPSA) is 39.9 Å². The molecule has 222 valence electrons. The van der Waals surface area contributed by atoms with Crippen LogP contribution >= 0.6 is 0 Å². The zero-order chi connectivity index (χ0) is 30.5. The van der Waals surface area contributed by atoms with Crippen LogP contribution in [0.15, 0.2) is 135 Å². The van der Waals surface area contributed by atoms with Crippen molar-refractivity contribution in [3.05, 3.63) is 132 Å². The van der Waals surface area contributed by atoms with Crippen molar-refractivity contribution in [3.8, 4) is 0 Å². The maximum absolute atomic E-state index is 6.70. The van der Waals surface area contributed by atoms with Crippen LogP contribution in [0.1, 0.15) is 25.3 Å². The van der Waals surface area contributed by atoms with Gasteiger partial charge in [0.1, 0.15) is 23.0 Å². The van der Waals surface area contributed by atoms with E-state index in [1.165, 1.54) is 49.3 Å². The first-order valence-electron chi connectivity index (χ1n) is 16.6. The Morgan fingerprint density at radius 2 is 1.26 bits per heavy atom. The Bertz CT molecular complexity index is 2850. The largest absolute Gasteiger partial charge is 0.485 e. The van der Waals surface area contributed by atoms with Crippen molar-refractivity contribution in [2.75, 3.05) is 0 Å². The zero-order valence-electron chi connectivity index (χ0n) is 25.6. The first kappa shape index (κ1) is 24.5. The van der Waals surface area contributed by atoms with E-state index in [0.717, 1.165) is 73.5 Å². The quantitative estimate of drug-likeness (QED) is 0.187. The molecule has 47 heavy (non-hydrogen) atoms. The minimum atomic E-state index is 0.109. The number of ether oxygens (including phenoxy) is 1. The standard InChI is InChI=1S/C43H27NO3/c1-22-7-6-12-37-38(22)33-19-23(13-18-36(33)45-37)24-20-31-27-14-16-29-25-8-2-4-10-34(25)46-42(29)40(27)44-39(31)32(21-24)28-15-17-30-26-9-3-5-11-35(26)47-43(30)41(28)44/h2-6,8-17,19-22,36H,7,18H2,1H3. The molecule has 4 aromatic heterocycles. The molecule has 4 heteroatoms. The van der Waals surface area contributed by atoms with Crippen molar-refractivity contribution in [3.63, 3.8) is 0 Å². The summed E-state index contributed by atoms with van der Waals surface area (Å²) in [7, 11) is 0. The molecule has 0 spiro atoms. The first-order chi connectivity index (χ1) is 23.2. The molecule has 2 atom stereocenters. The summed E-state index contributed by atoms with van der Waals surface area (Å²) in [4.78, 5) is 0. The van der Waals surface area contributed by atoms with E-state index < -0.39 is 0 Å². The van der Waals surface area contributed by atoms with Gasteiger partial charge in [0.2, 0.25) is 0 Å². The predicted octanol–water partition coefficient (Wildman–Crippen LogP) is 11.6. The summed E-state index contributed by atoms with van der Waals surface area (Å²) >= 11 is 0. The highest BCUT2D eigenvalue weighted by atomic mass is 16.5. The third kappa shape index (κ3) is 2.95. The summed E-state index contributed by atoms with van der Waals surface area (Å²) in [5, 5.41) is 9.37. The lowest BCUT2D eigenvalue weighted by Crippen LogP contribution is -2.13. The molecule has 0 saturated carbocycles. The van der Waals surface area contributed by atoms with Gasteiger partial charge in [-0.1, -0.05) is 67.6 Å². The molecule has 5 aromatic carbocycles. The van der Waals surface area contributed by atoms with Crippen LogP contribution < -0.4 is 0 Å². The normalized spacial score (nSPS) is 19.7. The van der Waals surface area contributed by atoms with Crippen LogP contribution in [0.2, 0.25) is 0 Å². The summed E-state index contributed by atoms with van der Waals surface area (Å²) in [5.74, 6) is 1.53. The van der Waals surface area contributed by atoms with Gasteiger partial charge in [0.05, 0.1) is 16.6 Å². The van der Waals surface area contributed by atoms with Gasteiger partial charge in [-0.25, -0.2) is 0 Å². The van der Waals surface area contributed by atoms with E-state index in [0.29, 0.717) is 5.92 Å². The van der Waals surface area contributed by atoms with Crippen molar-refractivity contribution in [1.82, 2.24) is 4.40 Å². The maximum Gasteiger partial charge on any atom is 0.160 e. The molecule has 0 bridgehead atoms. The SMILES string of the molecule is CC1CC=CC2=C1C1=CC(c3cc4c5ccc6c7ccccc7oc6c5n5c4c(c3)c3ccc4c6ccccc6oc4c35)=CCC1O2. The highest BCUT2D eigenvalue weighted by Crippen LogP contribution is 2.49. The van der Waals surface area contributed by atoms with Crippen molar-refractivity contribution < 1.29 is 13.6 Å². The van der Waals surface area contributed by atoms with Crippen LogP contribution in [0.5, 0.6) is 0 Å². The predicted molar refractivity (Wildman–Crippen MR) is 191 cm³/mol. The summed E-state index contributed by atoms with van der Waals surface area (Å²) in [6.45, 7) is 2.32. The number of benzene rings is 5. The summed E-state index contributed by atoms with van der Waals surface area (Å²) in [6.07, 6.45) is 11.2. The second-order valence-electron chi connectivity index (χ2n) is 13.5. The summed E-state index contributed by atoms with van der Waals surface area (Å²) in [5.41, 5.74) is 12.3. The van der Waals surface area contributed by atoms with Gasteiger partial charge in [-0.2, -0.15) is 0 Å². The molecule has 0 N–H and O–H groups in total. The molecule has 2 aliphatic carbocycles. The molecule has 9 aromatic rings. The van der Waals surface area contributed by atoms with Crippen LogP contribution in [-0.4, -0.2) is 10.5 Å². The summed E-state index contributed by atoms with van der Waals surface area (Å²) in [6, 6.07) is 30.5. The number of nitrogens with zero attached hydrogens (tertiary/aromatic N) is 1. The van der Waals surface area contributed by atoms with Crippen molar-refractivity contribution in [1.29, 1.82) is 0 Å². The van der Waals surface area contributed by atoms with E-state index in [1.807, 2.05) is 12.1 Å². The number of rotatable bonds is 1. The lowest BCUT2D eigenvalue weighted by atomic mass is 9.82. The van der Waals surface area contributed by atoms with Crippen LogP contribution in [0.4, 0.5) is 0 Å². The average molecular weight is 606 g/mol. The minimum absolute atomic E-state index is 0.109. The van der Waals surface area contributed by atoms with Crippen LogP contribution in [0.25, 0.3) is 87.5 Å². The minimum Gasteiger partial charge on any atom is -0.485 e. The molecule has 0 amide bonds. The van der Waals surface area contributed by atoms with Gasteiger partial charge >= 0.3 is 0 Å². The molecule has 1 aliphatic heterocycles. The Kier molecular flexibility index (Phi) is 4.35. The monoisotopic (exact) mass is 605 g/mol. The number of hydrogen-bond acceptors (Lipinski definition) is 3. The van der Waals surface area contributed by atoms with Gasteiger partial charge in [-0.05, 0) is 72.0 Å². The number of allylic oxidation sites excluding steroid dienone is 4. The number of para-hydroxylation sites is 2. The molecule has 0 radical (unpaired) electrons. The fourth-order valence-corrected chi connectivity index (χ4v) is 8.97. The van der Waals surface area contributed by atoms with Crippen molar-refractivity contribution >= 4 is 87.5 Å². The zero-order valence-corrected chi connectivity index (χ0v) is 25.6. The van der Waals surface area contributed by atoms with Crippen LogP contribution in [0.3, 0.4) is 0 Å². The number of fused-ring (bicyclic) bond motifs is 16. The van der Waals surface area contributed by atoms with E-state index in [1.54, 1.807) is 0 Å². The van der Waals surface area contributed by atoms with Gasteiger partial charge in [0.15, 0.2) is 11.2 Å². The van der Waals surface area contributed by atoms with Crippen molar-refractivity contribution in [2.45, 2.75) is 25.9 Å². The molecule has 3 aliphatic rings. The Morgan fingerprint density at radius 3 is 1.91 bits per heavy atom. The maximum atomic E-state index is 6.70. The van der Waals surface area contributed by atoms with Gasteiger partial charge in [0.25, 0.3) is 0 Å². The fraction of sp³-hybridized carbons (Fsp3) is 0.116. The molecular formula is C43H27NO3. The Balaban J connectivity index is 1.23. The Morgan fingerprint density at radius 1 is 0.638 bits per heavy atom. The second kappa shape index (κ2) is 8.34. The fourth-order valence-electron chi connectivity index (χ4n) is 8.97. The van der Waals surface area contributed by atoms with Crippen LogP contribution in [-0.2, 0) is 4.74 Å². The summed E-state index contributed by atoms with van der Waals surface area (Å²) < 4.78 is 22.3. The molecular weight excluding hydrogens is 578 g/mol. The van der Waals surface area contributed by atoms with E-state index in [-0.39, 0.29) is 6.10 Å². The number of aromatic nitrogens is 1. The van der Waals surface area contributed by atoms with E-state index in [2.05, 4.69) is 108 Å². The molecule has 2 unspecified atom stereocenters. The second-order valence-corrected chi connectivity index (χ2v) is 13.5. The first-order valence-corrected chi connectivity index (χ1v) is 16.6. The molecule has 12 rings (SSSR count). The molecule has 0 saturated heterocycles. The molecule has 5 heterocycles. The lowest BCUT2D eigenvalue weighted by molar-refractivity contribution is 0.177. The van der Waals surface area contributed by atoms with Gasteiger partial charge in [-0.15, -0.1) is 0 Å². The highest BCUT2D eigenvalue weighted by Gasteiger charge is 2.35. The third-order valence-electron chi connectivity index (χ3n) is 11.0. The molecule has 4 nitrogen and oxygen atoms in total. The van der Waals surface area contributed by atoms with E-state index >= 15 is 0 Å². The van der Waals surface area contributed by atoms with Gasteiger partial charge < -0.3 is 18.0 Å². The lowest BCUT2D eigenvalue weighted by Gasteiger charge is -2.21. The third-order valence-corrected chi connectivity index (χ3v) is 11.0. The van der Waals surface area contributed by atoms with Gasteiger partial charge in [0, 0.05) is 60.7 Å². The van der Waals surface area contributed by atoms with Crippen molar-refractivity contribution in [2.24, 2.45) is 5.92 Å². The number of hydrogen-bond donors (Lipinski definition) is 0.